The number of benzene rings is 2. The Morgan fingerprint density at radius 2 is 1.74 bits per heavy atom. The van der Waals surface area contributed by atoms with Gasteiger partial charge >= 0.3 is 0 Å². The molecule has 0 aliphatic carbocycles. The second-order valence-electron chi connectivity index (χ2n) is 6.40. The van der Waals surface area contributed by atoms with E-state index in [1.165, 1.54) is 0 Å². The molecule has 0 saturated carbocycles. The molecule has 0 saturated heterocycles. The Bertz CT molecular complexity index is 1010. The van der Waals surface area contributed by atoms with Crippen LogP contribution < -0.4 is 10.2 Å². The molecule has 2 aromatic carbocycles. The summed E-state index contributed by atoms with van der Waals surface area (Å²) in [7, 11) is 0. The highest BCUT2D eigenvalue weighted by molar-refractivity contribution is 6.09. The number of Topliss-reactive ketones (excluding diaryl/α,β-unsaturated/α-hetero) is 1. The van der Waals surface area contributed by atoms with Gasteiger partial charge in [-0.3, -0.25) is 9.59 Å². The molecule has 2 heterocycles. The van der Waals surface area contributed by atoms with E-state index >= 15 is 0 Å². The number of nitrogens with one attached hydrogen (secondary N) is 1. The van der Waals surface area contributed by atoms with Gasteiger partial charge in [-0.25, -0.2) is 4.98 Å². The standard InChI is InChI=1S/C22H19N3O2/c1-2-20(26)15-9-11-16(12-10-15)22(27)25-14-17-6-5-13-23-21(17)24-18-7-3-4-8-19(18)25/h3-13H,2,14H2,1H3,(H,23,24). The van der Waals surface area contributed by atoms with E-state index in [1.54, 1.807) is 35.4 Å². The Labute approximate surface area is 157 Å². The van der Waals surface area contributed by atoms with E-state index in [-0.39, 0.29) is 11.7 Å². The lowest BCUT2D eigenvalue weighted by Gasteiger charge is -2.22. The number of carbonyl (C=O) groups is 2. The first-order valence-electron chi connectivity index (χ1n) is 8.92. The predicted molar refractivity (Wildman–Crippen MR) is 106 cm³/mol. The molecule has 3 aromatic rings. The van der Waals surface area contributed by atoms with E-state index in [1.807, 2.05) is 43.3 Å². The molecule has 27 heavy (non-hydrogen) atoms. The molecule has 0 fully saturated rings. The van der Waals surface area contributed by atoms with Gasteiger partial charge in [0, 0.05) is 29.3 Å². The van der Waals surface area contributed by atoms with Gasteiger partial charge in [0.2, 0.25) is 0 Å². The van der Waals surface area contributed by atoms with Crippen molar-refractivity contribution in [3.8, 4) is 0 Å². The van der Waals surface area contributed by atoms with Crippen LogP contribution in [0, 0.1) is 0 Å². The van der Waals surface area contributed by atoms with Gasteiger partial charge in [0.25, 0.3) is 5.91 Å². The Hall–Kier alpha value is -3.47. The fraction of sp³-hybridized carbons (Fsp3) is 0.136. The Morgan fingerprint density at radius 1 is 1.00 bits per heavy atom. The maximum absolute atomic E-state index is 13.3. The van der Waals surface area contributed by atoms with E-state index < -0.39 is 0 Å². The molecule has 134 valence electrons. The van der Waals surface area contributed by atoms with Gasteiger partial charge in [-0.15, -0.1) is 0 Å². The molecule has 0 atom stereocenters. The number of nitrogens with zero attached hydrogens (tertiary/aromatic N) is 2. The summed E-state index contributed by atoms with van der Waals surface area (Å²) >= 11 is 0. The van der Waals surface area contributed by atoms with Gasteiger partial charge in [-0.1, -0.05) is 37.3 Å². The summed E-state index contributed by atoms with van der Waals surface area (Å²) in [6.07, 6.45) is 2.18. The molecule has 1 aliphatic rings. The summed E-state index contributed by atoms with van der Waals surface area (Å²) in [5.41, 5.74) is 3.75. The third-order valence-corrected chi connectivity index (χ3v) is 4.69. The molecule has 0 radical (unpaired) electrons. The number of pyridine rings is 1. The molecule has 0 bridgehead atoms. The fourth-order valence-corrected chi connectivity index (χ4v) is 3.22. The zero-order chi connectivity index (χ0) is 18.8. The number of anilines is 3. The largest absolute Gasteiger partial charge is 0.338 e. The van der Waals surface area contributed by atoms with Crippen molar-refractivity contribution in [2.75, 3.05) is 10.2 Å². The van der Waals surface area contributed by atoms with E-state index in [0.29, 0.717) is 24.1 Å². The lowest BCUT2D eigenvalue weighted by molar-refractivity contribution is 0.0975. The highest BCUT2D eigenvalue weighted by Crippen LogP contribution is 2.35. The van der Waals surface area contributed by atoms with Gasteiger partial charge in [0.1, 0.15) is 5.82 Å². The van der Waals surface area contributed by atoms with Crippen molar-refractivity contribution in [1.29, 1.82) is 0 Å². The quantitative estimate of drug-likeness (QED) is 0.697. The predicted octanol–water partition coefficient (Wildman–Crippen LogP) is 4.58. The lowest BCUT2D eigenvalue weighted by atomic mass is 10.1. The van der Waals surface area contributed by atoms with E-state index in [2.05, 4.69) is 10.3 Å². The van der Waals surface area contributed by atoms with E-state index in [4.69, 9.17) is 0 Å². The van der Waals surface area contributed by atoms with E-state index in [0.717, 1.165) is 22.8 Å². The van der Waals surface area contributed by atoms with Crippen LogP contribution in [0.1, 0.15) is 39.6 Å². The summed E-state index contributed by atoms with van der Waals surface area (Å²) < 4.78 is 0. The molecule has 1 amide bonds. The number of carbonyl (C=O) groups excluding carboxylic acids is 2. The average Bonchev–Trinajstić information content (AvgIpc) is 2.89. The van der Waals surface area contributed by atoms with Gasteiger partial charge < -0.3 is 10.2 Å². The van der Waals surface area contributed by atoms with Gasteiger partial charge in [-0.2, -0.15) is 0 Å². The Morgan fingerprint density at radius 3 is 2.52 bits per heavy atom. The van der Waals surface area contributed by atoms with Crippen LogP contribution in [0.5, 0.6) is 0 Å². The number of amides is 1. The van der Waals surface area contributed by atoms with Crippen LogP contribution in [-0.4, -0.2) is 16.7 Å². The molecule has 0 spiro atoms. The minimum atomic E-state index is -0.114. The number of hydrogen-bond donors (Lipinski definition) is 1. The summed E-state index contributed by atoms with van der Waals surface area (Å²) in [6.45, 7) is 2.25. The maximum Gasteiger partial charge on any atom is 0.258 e. The number of rotatable bonds is 3. The summed E-state index contributed by atoms with van der Waals surface area (Å²) in [5.74, 6) is 0.707. The van der Waals surface area contributed by atoms with Gasteiger partial charge in [0.15, 0.2) is 5.78 Å². The van der Waals surface area contributed by atoms with E-state index in [9.17, 15) is 9.59 Å². The van der Waals surface area contributed by atoms with Crippen molar-refractivity contribution < 1.29 is 9.59 Å². The van der Waals surface area contributed by atoms with Crippen molar-refractivity contribution in [1.82, 2.24) is 4.98 Å². The number of fused-ring (bicyclic) bond motifs is 2. The SMILES string of the molecule is CCC(=O)c1ccc(C(=O)N2Cc3cccnc3Nc3ccccc32)cc1. The topological polar surface area (TPSA) is 62.3 Å². The van der Waals surface area contributed by atoms with Crippen LogP contribution >= 0.6 is 0 Å². The van der Waals surface area contributed by atoms with Crippen LogP contribution in [-0.2, 0) is 6.54 Å². The number of hydrogen-bond acceptors (Lipinski definition) is 4. The van der Waals surface area contributed by atoms with Crippen LogP contribution in [0.3, 0.4) is 0 Å². The minimum Gasteiger partial charge on any atom is -0.338 e. The van der Waals surface area contributed by atoms with Crippen molar-refractivity contribution in [2.45, 2.75) is 19.9 Å². The first-order chi connectivity index (χ1) is 13.2. The maximum atomic E-state index is 13.3. The average molecular weight is 357 g/mol. The molecule has 5 heteroatoms. The normalized spacial score (nSPS) is 12.4. The van der Waals surface area contributed by atoms with Gasteiger partial charge in [0.05, 0.1) is 17.9 Å². The summed E-state index contributed by atoms with van der Waals surface area (Å²) in [5, 5.41) is 3.32. The zero-order valence-corrected chi connectivity index (χ0v) is 15.0. The third kappa shape index (κ3) is 3.19. The van der Waals surface area contributed by atoms with Crippen molar-refractivity contribution in [2.24, 2.45) is 0 Å². The Balaban J connectivity index is 1.73. The zero-order valence-electron chi connectivity index (χ0n) is 15.0. The minimum absolute atomic E-state index is 0.0679. The number of aromatic nitrogens is 1. The van der Waals surface area contributed by atoms with Crippen LogP contribution in [0.2, 0.25) is 0 Å². The van der Waals surface area contributed by atoms with Crippen molar-refractivity contribution in [3.05, 3.63) is 83.6 Å². The van der Waals surface area contributed by atoms with Crippen LogP contribution in [0.25, 0.3) is 0 Å². The smallest absolute Gasteiger partial charge is 0.258 e. The third-order valence-electron chi connectivity index (χ3n) is 4.69. The first-order valence-corrected chi connectivity index (χ1v) is 8.92. The number of ketones is 1. The molecule has 1 aromatic heterocycles. The molecular formula is C22H19N3O2. The first kappa shape index (κ1) is 17.0. The van der Waals surface area contributed by atoms with Gasteiger partial charge in [-0.05, 0) is 30.3 Å². The fourth-order valence-electron chi connectivity index (χ4n) is 3.22. The second kappa shape index (κ2) is 7.03. The second-order valence-corrected chi connectivity index (χ2v) is 6.40. The van der Waals surface area contributed by atoms with Crippen molar-refractivity contribution in [3.63, 3.8) is 0 Å². The monoisotopic (exact) mass is 357 g/mol. The highest BCUT2D eigenvalue weighted by atomic mass is 16.2. The summed E-state index contributed by atoms with van der Waals surface area (Å²) in [6, 6.07) is 18.4. The van der Waals surface area contributed by atoms with Crippen molar-refractivity contribution >= 4 is 28.9 Å². The van der Waals surface area contributed by atoms with Crippen LogP contribution in [0.15, 0.2) is 66.9 Å². The molecule has 5 nitrogen and oxygen atoms in total. The van der Waals surface area contributed by atoms with Crippen LogP contribution in [0.4, 0.5) is 17.2 Å². The lowest BCUT2D eigenvalue weighted by Crippen LogP contribution is -2.30. The molecule has 1 aliphatic heterocycles. The molecule has 1 N–H and O–H groups in total. The molecular weight excluding hydrogens is 338 g/mol. The summed E-state index contributed by atoms with van der Waals surface area (Å²) in [4.78, 5) is 31.2. The highest BCUT2D eigenvalue weighted by Gasteiger charge is 2.25. The Kier molecular flexibility index (Phi) is 4.42. The molecule has 4 rings (SSSR count). The molecule has 0 unspecified atom stereocenters. The number of para-hydroxylation sites is 2.